The highest BCUT2D eigenvalue weighted by molar-refractivity contribution is 9.10. The second kappa shape index (κ2) is 7.18. The number of nitrogens with zero attached hydrogens (tertiary/aromatic N) is 2. The van der Waals surface area contributed by atoms with Crippen LogP contribution in [0.3, 0.4) is 0 Å². The molecule has 1 aromatic carbocycles. The van der Waals surface area contributed by atoms with Crippen molar-refractivity contribution in [3.05, 3.63) is 52.0 Å². The van der Waals surface area contributed by atoms with Crippen LogP contribution in [0.1, 0.15) is 43.6 Å². The first-order chi connectivity index (χ1) is 10.0. The van der Waals surface area contributed by atoms with Gasteiger partial charge in [0, 0.05) is 29.2 Å². The molecule has 0 spiro atoms. The molecule has 1 N–H and O–H groups in total. The summed E-state index contributed by atoms with van der Waals surface area (Å²) in [4.78, 5) is 0. The fourth-order valence-corrected chi connectivity index (χ4v) is 2.91. The lowest BCUT2D eigenvalue weighted by molar-refractivity contribution is 0.469. The summed E-state index contributed by atoms with van der Waals surface area (Å²) in [5.41, 5.74) is 2.07. The second-order valence-electron chi connectivity index (χ2n) is 5.26. The summed E-state index contributed by atoms with van der Waals surface area (Å²) in [7, 11) is 1.91. The number of likely N-dealkylation sites (N-methyl/N-ethyl adjacent to an activating group) is 1. The van der Waals surface area contributed by atoms with Gasteiger partial charge in [-0.3, -0.25) is 4.68 Å². The van der Waals surface area contributed by atoms with Gasteiger partial charge < -0.3 is 5.32 Å². The van der Waals surface area contributed by atoms with Crippen molar-refractivity contribution in [2.75, 3.05) is 7.05 Å². The Balaban J connectivity index is 2.17. The molecule has 1 heterocycles. The Morgan fingerprint density at radius 3 is 2.76 bits per heavy atom. The van der Waals surface area contributed by atoms with Crippen LogP contribution in [-0.2, 0) is 6.42 Å². The molecule has 0 saturated carbocycles. The van der Waals surface area contributed by atoms with E-state index in [9.17, 15) is 4.39 Å². The number of benzene rings is 1. The number of aromatic nitrogens is 2. The SMILES string of the molecule is CCC(C)n1ccc(CC(NC)c2ccc(F)cc2Br)n1. The van der Waals surface area contributed by atoms with E-state index in [0.717, 1.165) is 28.6 Å². The van der Waals surface area contributed by atoms with Gasteiger partial charge in [-0.1, -0.05) is 28.9 Å². The van der Waals surface area contributed by atoms with Crippen molar-refractivity contribution in [3.63, 3.8) is 0 Å². The molecule has 2 aromatic rings. The van der Waals surface area contributed by atoms with Gasteiger partial charge in [0.1, 0.15) is 5.82 Å². The van der Waals surface area contributed by atoms with Gasteiger partial charge in [-0.05, 0) is 44.2 Å². The van der Waals surface area contributed by atoms with E-state index in [1.165, 1.54) is 12.1 Å². The van der Waals surface area contributed by atoms with E-state index >= 15 is 0 Å². The molecule has 3 nitrogen and oxygen atoms in total. The van der Waals surface area contributed by atoms with Crippen LogP contribution in [0.5, 0.6) is 0 Å². The number of hydrogen-bond acceptors (Lipinski definition) is 2. The maximum atomic E-state index is 13.2. The Morgan fingerprint density at radius 1 is 1.38 bits per heavy atom. The summed E-state index contributed by atoms with van der Waals surface area (Å²) >= 11 is 3.44. The Hall–Kier alpha value is -1.20. The number of rotatable bonds is 6. The summed E-state index contributed by atoms with van der Waals surface area (Å²) < 4.78 is 16.0. The summed E-state index contributed by atoms with van der Waals surface area (Å²) in [6.45, 7) is 4.31. The molecule has 114 valence electrons. The molecule has 0 saturated heterocycles. The van der Waals surface area contributed by atoms with Crippen molar-refractivity contribution < 1.29 is 4.39 Å². The molecule has 5 heteroatoms. The zero-order valence-corrected chi connectivity index (χ0v) is 14.2. The monoisotopic (exact) mass is 353 g/mol. The van der Waals surface area contributed by atoms with E-state index in [1.807, 2.05) is 30.1 Å². The summed E-state index contributed by atoms with van der Waals surface area (Å²) in [6, 6.07) is 7.35. The molecule has 2 unspecified atom stereocenters. The minimum absolute atomic E-state index is 0.0975. The normalized spacial score (nSPS) is 14.1. The molecule has 21 heavy (non-hydrogen) atoms. The Kier molecular flexibility index (Phi) is 5.53. The smallest absolute Gasteiger partial charge is 0.124 e. The maximum absolute atomic E-state index is 13.2. The lowest BCUT2D eigenvalue weighted by Gasteiger charge is -2.17. The number of halogens is 2. The quantitative estimate of drug-likeness (QED) is 0.840. The lowest BCUT2D eigenvalue weighted by atomic mass is 10.0. The summed E-state index contributed by atoms with van der Waals surface area (Å²) in [5, 5.41) is 7.91. The fourth-order valence-electron chi connectivity index (χ4n) is 2.28. The summed E-state index contributed by atoms with van der Waals surface area (Å²) in [5.74, 6) is -0.235. The highest BCUT2D eigenvalue weighted by Gasteiger charge is 2.16. The minimum Gasteiger partial charge on any atom is -0.313 e. The van der Waals surface area contributed by atoms with E-state index in [4.69, 9.17) is 0 Å². The average Bonchev–Trinajstić information content (AvgIpc) is 2.93. The third kappa shape index (κ3) is 3.92. The standard InChI is InChI=1S/C16H21BrFN3/c1-4-11(2)21-8-7-13(20-21)10-16(19-3)14-6-5-12(18)9-15(14)17/h5-9,11,16,19H,4,10H2,1-3H3. The van der Waals surface area contributed by atoms with Crippen molar-refractivity contribution in [1.82, 2.24) is 15.1 Å². The van der Waals surface area contributed by atoms with E-state index < -0.39 is 0 Å². The van der Waals surface area contributed by atoms with Gasteiger partial charge in [0.25, 0.3) is 0 Å². The van der Waals surface area contributed by atoms with Gasteiger partial charge in [0.05, 0.1) is 5.69 Å². The predicted octanol–water partition coefficient (Wildman–Crippen LogP) is 4.26. The number of nitrogens with one attached hydrogen (secondary N) is 1. The van der Waals surface area contributed by atoms with Gasteiger partial charge in [0.15, 0.2) is 0 Å². The molecule has 0 fully saturated rings. The van der Waals surface area contributed by atoms with Crippen LogP contribution in [0, 0.1) is 5.82 Å². The van der Waals surface area contributed by atoms with Crippen molar-refractivity contribution >= 4 is 15.9 Å². The molecule has 0 amide bonds. The molecular weight excluding hydrogens is 333 g/mol. The van der Waals surface area contributed by atoms with E-state index in [-0.39, 0.29) is 11.9 Å². The van der Waals surface area contributed by atoms with Gasteiger partial charge >= 0.3 is 0 Å². The second-order valence-corrected chi connectivity index (χ2v) is 6.11. The van der Waals surface area contributed by atoms with Crippen molar-refractivity contribution in [2.45, 2.75) is 38.8 Å². The van der Waals surface area contributed by atoms with Crippen molar-refractivity contribution in [1.29, 1.82) is 0 Å². The van der Waals surface area contributed by atoms with Crippen LogP contribution in [0.15, 0.2) is 34.9 Å². The molecule has 1 aromatic heterocycles. The van der Waals surface area contributed by atoms with E-state index in [2.05, 4.69) is 40.2 Å². The predicted molar refractivity (Wildman–Crippen MR) is 86.8 cm³/mol. The zero-order valence-electron chi connectivity index (χ0n) is 12.6. The largest absolute Gasteiger partial charge is 0.313 e. The van der Waals surface area contributed by atoms with Crippen LogP contribution < -0.4 is 5.32 Å². The molecule has 0 aliphatic rings. The fraction of sp³-hybridized carbons (Fsp3) is 0.438. The van der Waals surface area contributed by atoms with Crippen LogP contribution in [0.25, 0.3) is 0 Å². The third-order valence-corrected chi connectivity index (χ3v) is 4.49. The summed E-state index contributed by atoms with van der Waals surface area (Å²) in [6.07, 6.45) is 3.85. The van der Waals surface area contributed by atoms with Gasteiger partial charge in [-0.25, -0.2) is 4.39 Å². The number of hydrogen-bond donors (Lipinski definition) is 1. The van der Waals surface area contributed by atoms with Crippen LogP contribution >= 0.6 is 15.9 Å². The Labute approximate surface area is 133 Å². The molecule has 2 atom stereocenters. The molecule has 0 aliphatic carbocycles. The topological polar surface area (TPSA) is 29.9 Å². The highest BCUT2D eigenvalue weighted by atomic mass is 79.9. The van der Waals surface area contributed by atoms with Gasteiger partial charge in [0.2, 0.25) is 0 Å². The third-order valence-electron chi connectivity index (χ3n) is 3.81. The first kappa shape index (κ1) is 16.2. The average molecular weight is 354 g/mol. The zero-order chi connectivity index (χ0) is 15.4. The van der Waals surface area contributed by atoms with Crippen molar-refractivity contribution in [2.24, 2.45) is 0 Å². The Morgan fingerprint density at radius 2 is 2.14 bits per heavy atom. The Bertz CT molecular complexity index is 597. The molecule has 0 radical (unpaired) electrons. The van der Waals surface area contributed by atoms with Crippen LogP contribution in [0.4, 0.5) is 4.39 Å². The van der Waals surface area contributed by atoms with Gasteiger partial charge in [-0.15, -0.1) is 0 Å². The van der Waals surface area contributed by atoms with E-state index in [1.54, 1.807) is 0 Å². The first-order valence-corrected chi connectivity index (χ1v) is 8.00. The van der Waals surface area contributed by atoms with E-state index in [0.29, 0.717) is 6.04 Å². The van der Waals surface area contributed by atoms with Gasteiger partial charge in [-0.2, -0.15) is 5.10 Å². The van der Waals surface area contributed by atoms with Crippen LogP contribution in [-0.4, -0.2) is 16.8 Å². The molecule has 0 aliphatic heterocycles. The first-order valence-electron chi connectivity index (χ1n) is 7.21. The molecular formula is C16H21BrFN3. The molecule has 0 bridgehead atoms. The van der Waals surface area contributed by atoms with Crippen LogP contribution in [0.2, 0.25) is 0 Å². The maximum Gasteiger partial charge on any atom is 0.124 e. The minimum atomic E-state index is -0.235. The lowest BCUT2D eigenvalue weighted by Crippen LogP contribution is -2.20. The molecule has 2 rings (SSSR count). The highest BCUT2D eigenvalue weighted by Crippen LogP contribution is 2.26. The van der Waals surface area contributed by atoms with Crippen molar-refractivity contribution in [3.8, 4) is 0 Å².